The van der Waals surface area contributed by atoms with E-state index in [-0.39, 0.29) is 0 Å². The number of likely N-dealkylation sites (tertiary alicyclic amines) is 1. The lowest BCUT2D eigenvalue weighted by Gasteiger charge is -2.33. The fraction of sp³-hybridized carbons (Fsp3) is 0.667. The van der Waals surface area contributed by atoms with Crippen LogP contribution in [0.5, 0.6) is 17.2 Å². The van der Waals surface area contributed by atoms with Gasteiger partial charge >= 0.3 is 0 Å². The molecule has 0 amide bonds. The van der Waals surface area contributed by atoms with Gasteiger partial charge in [-0.2, -0.15) is 0 Å². The highest BCUT2D eigenvalue weighted by molar-refractivity contribution is 5.79. The van der Waals surface area contributed by atoms with E-state index in [9.17, 15) is 0 Å². The molecule has 0 bridgehead atoms. The highest BCUT2D eigenvalue weighted by Gasteiger charge is 2.17. The maximum atomic E-state index is 5.41. The van der Waals surface area contributed by atoms with Gasteiger partial charge in [0.1, 0.15) is 0 Å². The van der Waals surface area contributed by atoms with Crippen molar-refractivity contribution in [1.29, 1.82) is 0 Å². The molecule has 0 saturated carbocycles. The maximum absolute atomic E-state index is 5.41. The standard InChI is InChI=1S/C21H36N4O3/c1-16-9-6-7-11-25(16)12-8-10-23-21(22-2)24-15-17-13-18(26-3)20(28-5)19(14-17)27-4/h13-14,16H,6-12,15H2,1-5H3,(H2,22,23,24). The molecular weight excluding hydrogens is 356 g/mol. The monoisotopic (exact) mass is 392 g/mol. The summed E-state index contributed by atoms with van der Waals surface area (Å²) in [6.07, 6.45) is 5.13. The number of nitrogens with zero attached hydrogens (tertiary/aromatic N) is 2. The molecule has 1 atom stereocenters. The fourth-order valence-electron chi connectivity index (χ4n) is 3.62. The Morgan fingerprint density at radius 3 is 2.39 bits per heavy atom. The Labute approximate surface area is 169 Å². The van der Waals surface area contributed by atoms with Crippen LogP contribution in [-0.2, 0) is 6.54 Å². The van der Waals surface area contributed by atoms with Gasteiger partial charge in [-0.15, -0.1) is 0 Å². The zero-order chi connectivity index (χ0) is 20.4. The van der Waals surface area contributed by atoms with Gasteiger partial charge in [0.25, 0.3) is 0 Å². The number of ether oxygens (including phenoxy) is 3. The molecule has 1 unspecified atom stereocenters. The molecule has 158 valence electrons. The summed E-state index contributed by atoms with van der Waals surface area (Å²) >= 11 is 0. The van der Waals surface area contributed by atoms with Crippen LogP contribution < -0.4 is 24.8 Å². The van der Waals surface area contributed by atoms with E-state index >= 15 is 0 Å². The first-order valence-corrected chi connectivity index (χ1v) is 10.1. The molecule has 0 aliphatic carbocycles. The van der Waals surface area contributed by atoms with Gasteiger partial charge in [0.15, 0.2) is 17.5 Å². The summed E-state index contributed by atoms with van der Waals surface area (Å²) < 4.78 is 16.2. The summed E-state index contributed by atoms with van der Waals surface area (Å²) in [6, 6.07) is 4.60. The third-order valence-electron chi connectivity index (χ3n) is 5.26. The van der Waals surface area contributed by atoms with Crippen LogP contribution in [0, 0.1) is 0 Å². The van der Waals surface area contributed by atoms with Crippen molar-refractivity contribution >= 4 is 5.96 Å². The number of guanidine groups is 1. The minimum atomic E-state index is 0.600. The number of aliphatic imine (C=N–C) groups is 1. The first-order chi connectivity index (χ1) is 13.6. The molecule has 2 rings (SSSR count). The molecule has 1 aromatic carbocycles. The van der Waals surface area contributed by atoms with E-state index in [4.69, 9.17) is 14.2 Å². The maximum Gasteiger partial charge on any atom is 0.203 e. The van der Waals surface area contributed by atoms with Crippen LogP contribution in [0.3, 0.4) is 0 Å². The Morgan fingerprint density at radius 2 is 1.82 bits per heavy atom. The largest absolute Gasteiger partial charge is 0.493 e. The lowest BCUT2D eigenvalue weighted by molar-refractivity contribution is 0.159. The molecule has 0 aromatic heterocycles. The zero-order valence-electron chi connectivity index (χ0n) is 18.0. The molecule has 1 fully saturated rings. The molecule has 1 heterocycles. The number of nitrogens with one attached hydrogen (secondary N) is 2. The minimum Gasteiger partial charge on any atom is -0.493 e. The highest BCUT2D eigenvalue weighted by Crippen LogP contribution is 2.38. The Kier molecular flexibility index (Phi) is 9.20. The van der Waals surface area contributed by atoms with E-state index < -0.39 is 0 Å². The van der Waals surface area contributed by atoms with Crippen LogP contribution in [0.2, 0.25) is 0 Å². The second kappa shape index (κ2) is 11.6. The van der Waals surface area contributed by atoms with Gasteiger partial charge in [-0.1, -0.05) is 6.42 Å². The summed E-state index contributed by atoms with van der Waals surface area (Å²) in [5.74, 6) is 2.69. The molecule has 7 nitrogen and oxygen atoms in total. The summed E-state index contributed by atoms with van der Waals surface area (Å²) in [5, 5.41) is 6.75. The van der Waals surface area contributed by atoms with Crippen LogP contribution in [0.25, 0.3) is 0 Å². The second-order valence-corrected chi connectivity index (χ2v) is 7.12. The SMILES string of the molecule is CN=C(NCCCN1CCCCC1C)NCc1cc(OC)c(OC)c(OC)c1. The number of piperidine rings is 1. The van der Waals surface area contributed by atoms with Gasteiger partial charge in [0, 0.05) is 32.7 Å². The number of hydrogen-bond acceptors (Lipinski definition) is 5. The van der Waals surface area contributed by atoms with Crippen LogP contribution >= 0.6 is 0 Å². The van der Waals surface area contributed by atoms with Crippen molar-refractivity contribution in [2.45, 2.75) is 45.2 Å². The number of hydrogen-bond donors (Lipinski definition) is 2. The molecule has 1 aromatic rings. The Morgan fingerprint density at radius 1 is 1.11 bits per heavy atom. The molecule has 28 heavy (non-hydrogen) atoms. The number of benzene rings is 1. The summed E-state index contributed by atoms with van der Waals surface area (Å²) in [4.78, 5) is 6.91. The van der Waals surface area contributed by atoms with Crippen LogP contribution in [0.1, 0.15) is 38.2 Å². The fourth-order valence-corrected chi connectivity index (χ4v) is 3.62. The van der Waals surface area contributed by atoms with E-state index in [2.05, 4.69) is 27.4 Å². The lowest BCUT2D eigenvalue weighted by Crippen LogP contribution is -2.41. The van der Waals surface area contributed by atoms with Gasteiger partial charge < -0.3 is 29.7 Å². The van der Waals surface area contributed by atoms with Gasteiger partial charge in [-0.25, -0.2) is 0 Å². The Bertz CT molecular complexity index is 611. The zero-order valence-corrected chi connectivity index (χ0v) is 18.0. The molecular formula is C21H36N4O3. The van der Waals surface area contributed by atoms with Gasteiger partial charge in [-0.05, 0) is 50.4 Å². The highest BCUT2D eigenvalue weighted by atomic mass is 16.5. The average molecular weight is 393 g/mol. The second-order valence-electron chi connectivity index (χ2n) is 7.12. The van der Waals surface area contributed by atoms with E-state index in [0.29, 0.717) is 29.8 Å². The molecule has 1 aliphatic heterocycles. The third kappa shape index (κ3) is 6.19. The molecule has 1 aliphatic rings. The van der Waals surface area contributed by atoms with Crippen molar-refractivity contribution in [2.24, 2.45) is 4.99 Å². The predicted octanol–water partition coefficient (Wildman–Crippen LogP) is 2.64. The quantitative estimate of drug-likeness (QED) is 0.383. The molecule has 2 N–H and O–H groups in total. The summed E-state index contributed by atoms with van der Waals surface area (Å²) in [7, 11) is 6.64. The smallest absolute Gasteiger partial charge is 0.203 e. The van der Waals surface area contributed by atoms with E-state index in [1.165, 1.54) is 25.8 Å². The van der Waals surface area contributed by atoms with Crippen molar-refractivity contribution in [3.63, 3.8) is 0 Å². The first-order valence-electron chi connectivity index (χ1n) is 10.1. The number of rotatable bonds is 9. The summed E-state index contributed by atoms with van der Waals surface area (Å²) in [5.41, 5.74) is 1.03. The molecule has 0 spiro atoms. The van der Waals surface area contributed by atoms with E-state index in [1.54, 1.807) is 28.4 Å². The third-order valence-corrected chi connectivity index (χ3v) is 5.26. The van der Waals surface area contributed by atoms with Crippen molar-refractivity contribution in [3.05, 3.63) is 17.7 Å². The van der Waals surface area contributed by atoms with Gasteiger partial charge in [0.2, 0.25) is 5.75 Å². The van der Waals surface area contributed by atoms with Crippen LogP contribution in [-0.4, -0.2) is 64.9 Å². The first kappa shape index (κ1) is 22.1. The Balaban J connectivity index is 1.81. The van der Waals surface area contributed by atoms with Crippen molar-refractivity contribution < 1.29 is 14.2 Å². The van der Waals surface area contributed by atoms with Gasteiger partial charge in [0.05, 0.1) is 21.3 Å². The van der Waals surface area contributed by atoms with Crippen LogP contribution in [0.15, 0.2) is 17.1 Å². The van der Waals surface area contributed by atoms with Crippen LogP contribution in [0.4, 0.5) is 0 Å². The topological polar surface area (TPSA) is 67.4 Å². The molecule has 7 heteroatoms. The van der Waals surface area contributed by atoms with Crippen molar-refractivity contribution in [3.8, 4) is 17.2 Å². The molecule has 1 saturated heterocycles. The van der Waals surface area contributed by atoms with E-state index in [0.717, 1.165) is 31.0 Å². The van der Waals surface area contributed by atoms with E-state index in [1.807, 2.05) is 12.1 Å². The number of methoxy groups -OCH3 is 3. The normalized spacial score (nSPS) is 17.9. The minimum absolute atomic E-state index is 0.600. The van der Waals surface area contributed by atoms with Gasteiger partial charge in [-0.3, -0.25) is 4.99 Å². The summed E-state index contributed by atoms with van der Waals surface area (Å²) in [6.45, 7) is 6.22. The Hall–Kier alpha value is -2.15. The lowest BCUT2D eigenvalue weighted by atomic mass is 10.0. The van der Waals surface area contributed by atoms with Crippen molar-refractivity contribution in [1.82, 2.24) is 15.5 Å². The molecule has 0 radical (unpaired) electrons. The average Bonchev–Trinajstić information content (AvgIpc) is 2.73. The predicted molar refractivity (Wildman–Crippen MR) is 114 cm³/mol. The van der Waals surface area contributed by atoms with Crippen molar-refractivity contribution in [2.75, 3.05) is 48.0 Å².